The summed E-state index contributed by atoms with van der Waals surface area (Å²) in [6.07, 6.45) is 1.53. The largest absolute Gasteiger partial charge is 0.323 e. The molecule has 1 aromatic heterocycles. The predicted octanol–water partition coefficient (Wildman–Crippen LogP) is 0.973. The predicted molar refractivity (Wildman–Crippen MR) is 41.6 cm³/mol. The number of hydrogen-bond acceptors (Lipinski definition) is 3. The fourth-order valence-electron chi connectivity index (χ4n) is 0.741. The molecule has 11 heavy (non-hydrogen) atoms. The van der Waals surface area contributed by atoms with E-state index in [4.69, 9.17) is 11.0 Å². The highest BCUT2D eigenvalue weighted by atomic mass is 14.8. The molecule has 0 bridgehead atoms. The molecule has 1 heterocycles. The Morgan fingerprint density at radius 2 is 2.36 bits per heavy atom. The minimum absolute atomic E-state index is 0.0669. The highest BCUT2D eigenvalue weighted by Gasteiger charge is 1.98. The van der Waals surface area contributed by atoms with Crippen molar-refractivity contribution in [3.8, 4) is 6.07 Å². The average Bonchev–Trinajstić information content (AvgIpc) is 2.05. The summed E-state index contributed by atoms with van der Waals surface area (Å²) in [6.45, 7) is 1.86. The number of nitrogens with zero attached hydrogens (tertiary/aromatic N) is 2. The van der Waals surface area contributed by atoms with Crippen LogP contribution in [0, 0.1) is 11.3 Å². The molecule has 0 aliphatic carbocycles. The second-order valence-corrected chi connectivity index (χ2v) is 2.37. The van der Waals surface area contributed by atoms with Crippen LogP contribution in [0.3, 0.4) is 0 Å². The summed E-state index contributed by atoms with van der Waals surface area (Å²) in [6, 6.07) is 5.40. The van der Waals surface area contributed by atoms with E-state index >= 15 is 0 Å². The Kier molecular flexibility index (Phi) is 2.19. The van der Waals surface area contributed by atoms with Crippen LogP contribution in [-0.2, 0) is 0 Å². The normalized spacial score (nSPS) is 12.1. The van der Waals surface area contributed by atoms with Gasteiger partial charge in [0.2, 0.25) is 0 Å². The zero-order valence-corrected chi connectivity index (χ0v) is 6.28. The molecule has 0 aliphatic heterocycles. The summed E-state index contributed by atoms with van der Waals surface area (Å²) in [4.78, 5) is 4.00. The smallest absolute Gasteiger partial charge is 0.101 e. The summed E-state index contributed by atoms with van der Waals surface area (Å²) in [5.41, 5.74) is 6.93. The standard InChI is InChI=1S/C8H9N3/c1-6(10)8-3-2-7(4-9)5-11-8/h2-3,5-6H,10H2,1H3/t6-/m0/s1. The number of nitrogens with two attached hydrogens (primary N) is 1. The van der Waals surface area contributed by atoms with E-state index in [9.17, 15) is 0 Å². The molecule has 1 rings (SSSR count). The van der Waals surface area contributed by atoms with Crippen molar-refractivity contribution in [3.05, 3.63) is 29.6 Å². The van der Waals surface area contributed by atoms with Gasteiger partial charge in [-0.3, -0.25) is 4.98 Å². The molecule has 2 N–H and O–H groups in total. The van der Waals surface area contributed by atoms with Crippen molar-refractivity contribution >= 4 is 0 Å². The van der Waals surface area contributed by atoms with Gasteiger partial charge in [-0.1, -0.05) is 0 Å². The topological polar surface area (TPSA) is 62.7 Å². The highest BCUT2D eigenvalue weighted by Crippen LogP contribution is 2.05. The molecule has 0 aliphatic rings. The van der Waals surface area contributed by atoms with Crippen molar-refractivity contribution in [2.24, 2.45) is 5.73 Å². The third-order valence-corrected chi connectivity index (χ3v) is 1.38. The second-order valence-electron chi connectivity index (χ2n) is 2.37. The molecule has 0 amide bonds. The molecule has 1 aromatic rings. The lowest BCUT2D eigenvalue weighted by Crippen LogP contribution is -2.06. The first-order chi connectivity index (χ1) is 5.24. The summed E-state index contributed by atoms with van der Waals surface area (Å²) in [5.74, 6) is 0. The Hall–Kier alpha value is -1.40. The van der Waals surface area contributed by atoms with Gasteiger partial charge in [-0.15, -0.1) is 0 Å². The molecule has 3 nitrogen and oxygen atoms in total. The van der Waals surface area contributed by atoms with Crippen molar-refractivity contribution in [2.75, 3.05) is 0 Å². The zero-order valence-electron chi connectivity index (χ0n) is 6.28. The third-order valence-electron chi connectivity index (χ3n) is 1.38. The minimum atomic E-state index is -0.0669. The van der Waals surface area contributed by atoms with Gasteiger partial charge < -0.3 is 5.73 Å². The van der Waals surface area contributed by atoms with E-state index in [0.29, 0.717) is 5.56 Å². The first-order valence-corrected chi connectivity index (χ1v) is 3.35. The summed E-state index contributed by atoms with van der Waals surface area (Å²) < 4.78 is 0. The fraction of sp³-hybridized carbons (Fsp3) is 0.250. The van der Waals surface area contributed by atoms with Crippen LogP contribution in [0.25, 0.3) is 0 Å². The van der Waals surface area contributed by atoms with E-state index in [-0.39, 0.29) is 6.04 Å². The van der Waals surface area contributed by atoms with Crippen molar-refractivity contribution in [3.63, 3.8) is 0 Å². The average molecular weight is 147 g/mol. The SMILES string of the molecule is C[C@H](N)c1ccc(C#N)cn1. The Bertz CT molecular complexity index is 268. The number of hydrogen-bond donors (Lipinski definition) is 1. The Balaban J connectivity index is 2.94. The first-order valence-electron chi connectivity index (χ1n) is 3.35. The Labute approximate surface area is 65.5 Å². The zero-order chi connectivity index (χ0) is 8.27. The van der Waals surface area contributed by atoms with E-state index in [1.54, 1.807) is 12.1 Å². The molecular formula is C8H9N3. The van der Waals surface area contributed by atoms with Crippen molar-refractivity contribution in [1.82, 2.24) is 4.98 Å². The number of nitriles is 1. The Morgan fingerprint density at radius 3 is 2.73 bits per heavy atom. The highest BCUT2D eigenvalue weighted by molar-refractivity contribution is 5.26. The van der Waals surface area contributed by atoms with Gasteiger partial charge in [0.15, 0.2) is 0 Å². The molecule has 0 spiro atoms. The van der Waals surface area contributed by atoms with Crippen LogP contribution < -0.4 is 5.73 Å². The van der Waals surface area contributed by atoms with Gasteiger partial charge in [-0.2, -0.15) is 5.26 Å². The maximum Gasteiger partial charge on any atom is 0.101 e. The number of pyridine rings is 1. The van der Waals surface area contributed by atoms with Crippen LogP contribution in [0.1, 0.15) is 24.2 Å². The fourth-order valence-corrected chi connectivity index (χ4v) is 0.741. The van der Waals surface area contributed by atoms with E-state index in [2.05, 4.69) is 4.98 Å². The quantitative estimate of drug-likeness (QED) is 0.643. The van der Waals surface area contributed by atoms with Gasteiger partial charge in [-0.25, -0.2) is 0 Å². The Morgan fingerprint density at radius 1 is 1.64 bits per heavy atom. The molecule has 0 saturated carbocycles. The lowest BCUT2D eigenvalue weighted by molar-refractivity contribution is 0.780. The second kappa shape index (κ2) is 3.13. The molecule has 0 unspecified atom stereocenters. The van der Waals surface area contributed by atoms with Crippen LogP contribution in [0.15, 0.2) is 18.3 Å². The van der Waals surface area contributed by atoms with Gasteiger partial charge in [-0.05, 0) is 19.1 Å². The minimum Gasteiger partial charge on any atom is -0.323 e. The van der Waals surface area contributed by atoms with Gasteiger partial charge in [0.1, 0.15) is 6.07 Å². The van der Waals surface area contributed by atoms with Gasteiger partial charge in [0.05, 0.1) is 11.3 Å². The van der Waals surface area contributed by atoms with Gasteiger partial charge >= 0.3 is 0 Å². The number of rotatable bonds is 1. The molecule has 0 aromatic carbocycles. The summed E-state index contributed by atoms with van der Waals surface area (Å²) in [7, 11) is 0. The van der Waals surface area contributed by atoms with E-state index in [1.165, 1.54) is 6.20 Å². The van der Waals surface area contributed by atoms with Crippen molar-refractivity contribution < 1.29 is 0 Å². The van der Waals surface area contributed by atoms with Gasteiger partial charge in [0.25, 0.3) is 0 Å². The first kappa shape index (κ1) is 7.70. The molecule has 56 valence electrons. The molecule has 0 radical (unpaired) electrons. The van der Waals surface area contributed by atoms with Crippen molar-refractivity contribution in [2.45, 2.75) is 13.0 Å². The number of aromatic nitrogens is 1. The molecule has 0 fully saturated rings. The van der Waals surface area contributed by atoms with Crippen LogP contribution in [0.4, 0.5) is 0 Å². The molecule has 3 heteroatoms. The molecule has 1 atom stereocenters. The lowest BCUT2D eigenvalue weighted by atomic mass is 10.2. The van der Waals surface area contributed by atoms with Crippen LogP contribution in [-0.4, -0.2) is 4.98 Å². The monoisotopic (exact) mass is 147 g/mol. The van der Waals surface area contributed by atoms with Gasteiger partial charge in [0, 0.05) is 12.2 Å². The van der Waals surface area contributed by atoms with Crippen molar-refractivity contribution in [1.29, 1.82) is 5.26 Å². The molecule has 0 saturated heterocycles. The van der Waals surface area contributed by atoms with Crippen LogP contribution in [0.5, 0.6) is 0 Å². The van der Waals surface area contributed by atoms with E-state index < -0.39 is 0 Å². The maximum absolute atomic E-state index is 8.45. The maximum atomic E-state index is 8.45. The van der Waals surface area contributed by atoms with Crippen LogP contribution >= 0.6 is 0 Å². The molecular weight excluding hydrogens is 138 g/mol. The lowest BCUT2D eigenvalue weighted by Gasteiger charge is -2.01. The van der Waals surface area contributed by atoms with Crippen LogP contribution in [0.2, 0.25) is 0 Å². The summed E-state index contributed by atoms with van der Waals surface area (Å²) in [5, 5.41) is 8.45. The summed E-state index contributed by atoms with van der Waals surface area (Å²) >= 11 is 0. The third kappa shape index (κ3) is 1.76. The van der Waals surface area contributed by atoms with E-state index in [0.717, 1.165) is 5.69 Å². The van der Waals surface area contributed by atoms with E-state index in [1.807, 2.05) is 13.0 Å².